The lowest BCUT2D eigenvalue weighted by atomic mass is 10.2. The quantitative estimate of drug-likeness (QED) is 0.761. The van der Waals surface area contributed by atoms with Gasteiger partial charge in [-0.1, -0.05) is 0 Å². The third-order valence-corrected chi connectivity index (χ3v) is 2.87. The van der Waals surface area contributed by atoms with Crippen molar-refractivity contribution in [3.63, 3.8) is 0 Å². The molecule has 0 spiro atoms. The molecule has 1 atom stereocenters. The number of urea groups is 1. The predicted molar refractivity (Wildman–Crippen MR) is 76.9 cm³/mol. The van der Waals surface area contributed by atoms with Crippen LogP contribution < -0.4 is 10.6 Å². The number of halogens is 2. The van der Waals surface area contributed by atoms with E-state index >= 15 is 0 Å². The van der Waals surface area contributed by atoms with E-state index in [1.54, 1.807) is 0 Å². The van der Waals surface area contributed by atoms with Gasteiger partial charge in [-0.15, -0.1) is 0 Å². The Bertz CT molecular complexity index is 624. The van der Waals surface area contributed by atoms with Crippen LogP contribution in [0.4, 0.5) is 19.3 Å². The molecule has 1 unspecified atom stereocenters. The van der Waals surface area contributed by atoms with Gasteiger partial charge in [-0.05, 0) is 19.9 Å². The molecule has 0 fully saturated rings. The zero-order valence-electron chi connectivity index (χ0n) is 12.3. The van der Waals surface area contributed by atoms with Crippen LogP contribution in [0, 0.1) is 6.92 Å². The summed E-state index contributed by atoms with van der Waals surface area (Å²) in [6, 6.07) is 1.36. The first-order chi connectivity index (χ1) is 10.4. The van der Waals surface area contributed by atoms with Crippen LogP contribution in [0.25, 0.3) is 0 Å². The molecule has 0 aliphatic heterocycles. The monoisotopic (exact) mass is 312 g/mol. The van der Waals surface area contributed by atoms with Gasteiger partial charge >= 0.3 is 6.03 Å². The number of aromatic amines is 1. The minimum absolute atomic E-state index is 0.126. The number of aromatic nitrogens is 4. The first kappa shape index (κ1) is 15.9. The number of amides is 2. The Morgan fingerprint density at radius 3 is 2.91 bits per heavy atom. The Balaban J connectivity index is 1.80. The number of aryl methyl sites for hydroxylation is 1. The Morgan fingerprint density at radius 1 is 1.50 bits per heavy atom. The summed E-state index contributed by atoms with van der Waals surface area (Å²) in [5.41, 5.74) is 2.18. The van der Waals surface area contributed by atoms with Crippen LogP contribution in [0.2, 0.25) is 0 Å². The minimum Gasteiger partial charge on any atom is -0.335 e. The highest BCUT2D eigenvalue weighted by Crippen LogP contribution is 2.07. The van der Waals surface area contributed by atoms with Crippen LogP contribution in [0.5, 0.6) is 0 Å². The summed E-state index contributed by atoms with van der Waals surface area (Å²) in [5.74, 6) is 0. The highest BCUT2D eigenvalue weighted by atomic mass is 19.3. The van der Waals surface area contributed by atoms with Gasteiger partial charge in [0.1, 0.15) is 6.54 Å². The molecule has 0 aliphatic rings. The van der Waals surface area contributed by atoms with Crippen LogP contribution in [-0.2, 0) is 13.0 Å². The average Bonchev–Trinajstić information content (AvgIpc) is 2.98. The molecule has 7 nitrogen and oxygen atoms in total. The van der Waals surface area contributed by atoms with E-state index in [1.807, 2.05) is 19.9 Å². The number of hydrogen-bond acceptors (Lipinski definition) is 3. The number of rotatable bonds is 6. The molecular formula is C13H18F2N6O. The maximum Gasteiger partial charge on any atom is 0.319 e. The van der Waals surface area contributed by atoms with Crippen LogP contribution in [0.1, 0.15) is 18.3 Å². The van der Waals surface area contributed by atoms with Crippen molar-refractivity contribution in [2.75, 3.05) is 5.32 Å². The molecule has 3 N–H and O–H groups in total. The lowest BCUT2D eigenvalue weighted by molar-refractivity contribution is 0.122. The van der Waals surface area contributed by atoms with Crippen molar-refractivity contribution in [3.05, 3.63) is 29.8 Å². The predicted octanol–water partition coefficient (Wildman–Crippen LogP) is 1.93. The molecule has 0 bridgehead atoms. The Labute approximate surface area is 126 Å². The Hall–Kier alpha value is -2.45. The van der Waals surface area contributed by atoms with E-state index in [-0.39, 0.29) is 6.04 Å². The van der Waals surface area contributed by atoms with E-state index in [0.29, 0.717) is 12.1 Å². The molecular weight excluding hydrogens is 294 g/mol. The van der Waals surface area contributed by atoms with Gasteiger partial charge in [0.05, 0.1) is 17.6 Å². The van der Waals surface area contributed by atoms with E-state index in [9.17, 15) is 13.6 Å². The summed E-state index contributed by atoms with van der Waals surface area (Å²) in [6.07, 6.45) is 0.776. The van der Waals surface area contributed by atoms with Gasteiger partial charge in [0.15, 0.2) is 0 Å². The largest absolute Gasteiger partial charge is 0.335 e. The van der Waals surface area contributed by atoms with Crippen molar-refractivity contribution >= 4 is 11.7 Å². The molecule has 2 rings (SSSR count). The van der Waals surface area contributed by atoms with Gasteiger partial charge in [0, 0.05) is 24.4 Å². The van der Waals surface area contributed by atoms with E-state index in [0.717, 1.165) is 16.1 Å². The van der Waals surface area contributed by atoms with Crippen LogP contribution in [0.15, 0.2) is 18.5 Å². The number of carbonyl (C=O) groups is 1. The third-order valence-electron chi connectivity index (χ3n) is 2.87. The molecule has 22 heavy (non-hydrogen) atoms. The van der Waals surface area contributed by atoms with E-state index < -0.39 is 19.0 Å². The van der Waals surface area contributed by atoms with Gasteiger partial charge in [-0.3, -0.25) is 9.78 Å². The summed E-state index contributed by atoms with van der Waals surface area (Å²) < 4.78 is 25.5. The maximum absolute atomic E-state index is 12.2. The molecule has 120 valence electrons. The fourth-order valence-electron chi connectivity index (χ4n) is 2.00. The van der Waals surface area contributed by atoms with Crippen LogP contribution >= 0.6 is 0 Å². The molecule has 2 aromatic heterocycles. The SMILES string of the molecule is Cc1cc(CC(C)NC(=O)Nc2cnn(CC(F)F)c2)n[nH]1. The highest BCUT2D eigenvalue weighted by Gasteiger charge is 2.11. The number of carbonyl (C=O) groups excluding carboxylic acids is 1. The highest BCUT2D eigenvalue weighted by molar-refractivity contribution is 5.89. The van der Waals surface area contributed by atoms with Crippen molar-refractivity contribution in [2.45, 2.75) is 39.3 Å². The molecule has 9 heteroatoms. The van der Waals surface area contributed by atoms with Gasteiger partial charge < -0.3 is 10.6 Å². The Kier molecular flexibility index (Phi) is 5.08. The third kappa shape index (κ3) is 4.83. The Morgan fingerprint density at radius 2 is 2.27 bits per heavy atom. The summed E-state index contributed by atoms with van der Waals surface area (Å²) in [4.78, 5) is 11.8. The maximum atomic E-state index is 12.2. The summed E-state index contributed by atoms with van der Waals surface area (Å²) in [6.45, 7) is 3.25. The van der Waals surface area contributed by atoms with Gasteiger partial charge in [0.25, 0.3) is 6.43 Å². The molecule has 0 aliphatic carbocycles. The normalized spacial score (nSPS) is 12.4. The average molecular weight is 312 g/mol. The molecule has 0 saturated carbocycles. The van der Waals surface area contributed by atoms with Crippen molar-refractivity contribution in [2.24, 2.45) is 0 Å². The number of anilines is 1. The molecule has 2 amide bonds. The van der Waals surface area contributed by atoms with Crippen LogP contribution in [-0.4, -0.2) is 38.5 Å². The number of nitrogens with zero attached hydrogens (tertiary/aromatic N) is 3. The summed E-state index contributed by atoms with van der Waals surface area (Å²) in [5, 5.41) is 16.0. The van der Waals surface area contributed by atoms with Gasteiger partial charge in [0.2, 0.25) is 0 Å². The lowest BCUT2D eigenvalue weighted by Crippen LogP contribution is -2.37. The minimum atomic E-state index is -2.49. The summed E-state index contributed by atoms with van der Waals surface area (Å²) in [7, 11) is 0. The lowest BCUT2D eigenvalue weighted by Gasteiger charge is -2.12. The second-order valence-electron chi connectivity index (χ2n) is 5.09. The molecule has 2 heterocycles. The van der Waals surface area contributed by atoms with Crippen LogP contribution in [0.3, 0.4) is 0 Å². The molecule has 0 radical (unpaired) electrons. The molecule has 2 aromatic rings. The second kappa shape index (κ2) is 7.01. The smallest absolute Gasteiger partial charge is 0.319 e. The first-order valence-electron chi connectivity index (χ1n) is 6.81. The summed E-state index contributed by atoms with van der Waals surface area (Å²) >= 11 is 0. The van der Waals surface area contributed by atoms with Crippen molar-refractivity contribution < 1.29 is 13.6 Å². The number of alkyl halides is 2. The fourth-order valence-corrected chi connectivity index (χ4v) is 2.00. The number of hydrogen-bond donors (Lipinski definition) is 3. The fraction of sp³-hybridized carbons (Fsp3) is 0.462. The topological polar surface area (TPSA) is 87.6 Å². The van der Waals surface area contributed by atoms with E-state index in [1.165, 1.54) is 12.4 Å². The zero-order chi connectivity index (χ0) is 16.1. The molecule has 0 saturated heterocycles. The van der Waals surface area contributed by atoms with Crippen molar-refractivity contribution in [1.29, 1.82) is 0 Å². The first-order valence-corrected chi connectivity index (χ1v) is 6.81. The van der Waals surface area contributed by atoms with Gasteiger partial charge in [-0.2, -0.15) is 10.2 Å². The van der Waals surface area contributed by atoms with E-state index in [4.69, 9.17) is 0 Å². The van der Waals surface area contributed by atoms with E-state index in [2.05, 4.69) is 25.9 Å². The molecule has 0 aromatic carbocycles. The standard InChI is InChI=1S/C13H18F2N6O/c1-8(3-10-4-9(2)19-20-10)17-13(22)18-11-5-16-21(6-11)7-12(14)15/h4-6,8,12H,3,7H2,1-2H3,(H,19,20)(H2,17,18,22). The second-order valence-corrected chi connectivity index (χ2v) is 5.09. The zero-order valence-corrected chi connectivity index (χ0v) is 12.3. The number of H-pyrrole nitrogens is 1. The number of nitrogens with one attached hydrogen (secondary N) is 3. The van der Waals surface area contributed by atoms with Crippen molar-refractivity contribution in [3.8, 4) is 0 Å². The van der Waals surface area contributed by atoms with Gasteiger partial charge in [-0.25, -0.2) is 13.6 Å². The van der Waals surface area contributed by atoms with Crippen molar-refractivity contribution in [1.82, 2.24) is 25.3 Å².